The molecule has 0 spiro atoms. The summed E-state index contributed by atoms with van der Waals surface area (Å²) in [7, 11) is 1.72. The number of halogens is 1. The van der Waals surface area contributed by atoms with E-state index in [2.05, 4.69) is 38.8 Å². The van der Waals surface area contributed by atoms with Gasteiger partial charge in [0.2, 0.25) is 5.88 Å². The Morgan fingerprint density at radius 3 is 2.63 bits per heavy atom. The fourth-order valence-electron chi connectivity index (χ4n) is 3.67. The summed E-state index contributed by atoms with van der Waals surface area (Å²) in [5, 5.41) is 0.672. The van der Waals surface area contributed by atoms with Crippen molar-refractivity contribution < 1.29 is 9.47 Å². The quantitative estimate of drug-likeness (QED) is 0.574. The van der Waals surface area contributed by atoms with Gasteiger partial charge in [-0.15, -0.1) is 0 Å². The van der Waals surface area contributed by atoms with Crippen LogP contribution in [0.5, 0.6) is 17.4 Å². The Morgan fingerprint density at radius 1 is 1.07 bits per heavy atom. The van der Waals surface area contributed by atoms with Gasteiger partial charge in [-0.05, 0) is 37.3 Å². The Balaban J connectivity index is 1.41. The molecule has 1 saturated heterocycles. The van der Waals surface area contributed by atoms with E-state index in [1.165, 1.54) is 5.56 Å². The normalized spacial score (nSPS) is 17.0. The topological polar surface area (TPSA) is 50.7 Å². The molecule has 1 unspecified atom stereocenters. The third-order valence-corrected chi connectivity index (χ3v) is 5.57. The van der Waals surface area contributed by atoms with Crippen molar-refractivity contribution in [3.63, 3.8) is 0 Å². The highest BCUT2D eigenvalue weighted by atomic mass is 35.5. The molecule has 1 fully saturated rings. The monoisotopic (exact) mass is 424 g/mol. The van der Waals surface area contributed by atoms with E-state index in [1.807, 2.05) is 30.3 Å². The molecule has 7 heteroatoms. The molecule has 2 aromatic carbocycles. The summed E-state index contributed by atoms with van der Waals surface area (Å²) in [5.74, 6) is 3.02. The van der Waals surface area contributed by atoms with Crippen molar-refractivity contribution in [3.8, 4) is 17.4 Å². The van der Waals surface area contributed by atoms with Crippen molar-refractivity contribution in [2.45, 2.75) is 19.5 Å². The number of aromatic nitrogens is 2. The van der Waals surface area contributed by atoms with Gasteiger partial charge in [0.05, 0.1) is 7.11 Å². The highest BCUT2D eigenvalue weighted by Crippen LogP contribution is 2.26. The number of hydrogen-bond acceptors (Lipinski definition) is 6. The predicted molar refractivity (Wildman–Crippen MR) is 119 cm³/mol. The maximum Gasteiger partial charge on any atom is 0.224 e. The molecular formula is C23H25ClN4O2. The summed E-state index contributed by atoms with van der Waals surface area (Å²) in [4.78, 5) is 13.5. The second-order valence-electron chi connectivity index (χ2n) is 7.35. The van der Waals surface area contributed by atoms with Crippen LogP contribution in [0.1, 0.15) is 12.5 Å². The standard InChI is InChI=1S/C23H25ClN4O2/c1-17-14-28(12-11-27(17)15-18-5-3-4-6-21(18)29-2)22-13-23(26-16-25-22)30-20-9-7-19(24)8-10-20/h3-10,13,16-17H,11-12,14-15H2,1-2H3. The van der Waals surface area contributed by atoms with Crippen LogP contribution in [-0.4, -0.2) is 47.7 Å². The molecule has 6 nitrogen and oxygen atoms in total. The van der Waals surface area contributed by atoms with Gasteiger partial charge in [-0.3, -0.25) is 4.90 Å². The maximum atomic E-state index is 5.94. The zero-order valence-corrected chi connectivity index (χ0v) is 17.9. The molecule has 2 heterocycles. The van der Waals surface area contributed by atoms with Gasteiger partial charge in [-0.1, -0.05) is 29.8 Å². The highest BCUT2D eigenvalue weighted by Gasteiger charge is 2.25. The van der Waals surface area contributed by atoms with Crippen molar-refractivity contribution in [2.75, 3.05) is 31.6 Å². The van der Waals surface area contributed by atoms with Gasteiger partial charge in [0.15, 0.2) is 0 Å². The lowest BCUT2D eigenvalue weighted by atomic mass is 10.1. The minimum Gasteiger partial charge on any atom is -0.496 e. The molecule has 1 aliphatic rings. The summed E-state index contributed by atoms with van der Waals surface area (Å²) in [6.07, 6.45) is 1.55. The summed E-state index contributed by atoms with van der Waals surface area (Å²) < 4.78 is 11.4. The maximum absolute atomic E-state index is 5.94. The number of hydrogen-bond donors (Lipinski definition) is 0. The number of methoxy groups -OCH3 is 1. The molecule has 1 aromatic heterocycles. The Morgan fingerprint density at radius 2 is 1.87 bits per heavy atom. The summed E-state index contributed by atoms with van der Waals surface area (Å²) >= 11 is 5.94. The van der Waals surface area contributed by atoms with Crippen molar-refractivity contribution >= 4 is 17.4 Å². The van der Waals surface area contributed by atoms with E-state index in [9.17, 15) is 0 Å². The molecule has 0 saturated carbocycles. The van der Waals surface area contributed by atoms with Crippen LogP contribution in [0.4, 0.5) is 5.82 Å². The summed E-state index contributed by atoms with van der Waals surface area (Å²) in [6, 6.07) is 17.7. The number of para-hydroxylation sites is 1. The van der Waals surface area contributed by atoms with Crippen LogP contribution in [0.2, 0.25) is 5.02 Å². The molecule has 0 radical (unpaired) electrons. The molecule has 4 rings (SSSR count). The van der Waals surface area contributed by atoms with E-state index in [1.54, 1.807) is 25.6 Å². The van der Waals surface area contributed by atoms with Crippen LogP contribution in [0, 0.1) is 0 Å². The zero-order valence-electron chi connectivity index (χ0n) is 17.2. The lowest BCUT2D eigenvalue weighted by molar-refractivity contribution is 0.178. The lowest BCUT2D eigenvalue weighted by Gasteiger charge is -2.40. The van der Waals surface area contributed by atoms with Crippen molar-refractivity contribution in [3.05, 3.63) is 71.5 Å². The molecule has 0 N–H and O–H groups in total. The van der Waals surface area contributed by atoms with Crippen LogP contribution < -0.4 is 14.4 Å². The Bertz CT molecular complexity index is 983. The van der Waals surface area contributed by atoms with Crippen LogP contribution in [0.25, 0.3) is 0 Å². The van der Waals surface area contributed by atoms with E-state index in [4.69, 9.17) is 21.1 Å². The van der Waals surface area contributed by atoms with Gasteiger partial charge in [0.25, 0.3) is 0 Å². The van der Waals surface area contributed by atoms with E-state index in [0.717, 1.165) is 37.7 Å². The first-order chi connectivity index (χ1) is 14.6. The summed E-state index contributed by atoms with van der Waals surface area (Å²) in [5.41, 5.74) is 1.21. The molecule has 0 amide bonds. The Labute approximate surface area is 182 Å². The second-order valence-corrected chi connectivity index (χ2v) is 7.78. The Kier molecular flexibility index (Phi) is 6.35. The molecular weight excluding hydrogens is 400 g/mol. The largest absolute Gasteiger partial charge is 0.496 e. The van der Waals surface area contributed by atoms with Crippen molar-refractivity contribution in [1.29, 1.82) is 0 Å². The van der Waals surface area contributed by atoms with Crippen LogP contribution in [-0.2, 0) is 6.54 Å². The molecule has 1 aliphatic heterocycles. The van der Waals surface area contributed by atoms with Gasteiger partial charge < -0.3 is 14.4 Å². The molecule has 0 bridgehead atoms. The highest BCUT2D eigenvalue weighted by molar-refractivity contribution is 6.30. The van der Waals surface area contributed by atoms with Gasteiger partial charge >= 0.3 is 0 Å². The fourth-order valence-corrected chi connectivity index (χ4v) is 3.80. The number of anilines is 1. The number of rotatable bonds is 6. The van der Waals surface area contributed by atoms with Crippen LogP contribution in [0.15, 0.2) is 60.9 Å². The second kappa shape index (κ2) is 9.32. The van der Waals surface area contributed by atoms with Gasteiger partial charge in [0, 0.05) is 48.9 Å². The summed E-state index contributed by atoms with van der Waals surface area (Å²) in [6.45, 7) is 5.82. The molecule has 30 heavy (non-hydrogen) atoms. The first-order valence-corrected chi connectivity index (χ1v) is 10.4. The number of benzene rings is 2. The molecule has 156 valence electrons. The average Bonchev–Trinajstić information content (AvgIpc) is 2.77. The van der Waals surface area contributed by atoms with E-state index in [-0.39, 0.29) is 0 Å². The molecule has 1 atom stereocenters. The minimum absolute atomic E-state index is 0.374. The number of piperazine rings is 1. The average molecular weight is 425 g/mol. The first kappa shape index (κ1) is 20.4. The zero-order chi connectivity index (χ0) is 20.9. The minimum atomic E-state index is 0.374. The van der Waals surface area contributed by atoms with Crippen molar-refractivity contribution in [2.24, 2.45) is 0 Å². The van der Waals surface area contributed by atoms with Crippen LogP contribution >= 0.6 is 11.6 Å². The van der Waals surface area contributed by atoms with Crippen LogP contribution in [0.3, 0.4) is 0 Å². The molecule has 0 aliphatic carbocycles. The predicted octanol–water partition coefficient (Wildman–Crippen LogP) is 4.64. The lowest BCUT2D eigenvalue weighted by Crippen LogP contribution is -2.51. The van der Waals surface area contributed by atoms with Gasteiger partial charge in [-0.25, -0.2) is 9.97 Å². The van der Waals surface area contributed by atoms with E-state index >= 15 is 0 Å². The van der Waals surface area contributed by atoms with E-state index in [0.29, 0.717) is 22.7 Å². The van der Waals surface area contributed by atoms with Crippen molar-refractivity contribution in [1.82, 2.24) is 14.9 Å². The molecule has 3 aromatic rings. The third-order valence-electron chi connectivity index (χ3n) is 5.32. The van der Waals surface area contributed by atoms with E-state index < -0.39 is 0 Å². The number of ether oxygens (including phenoxy) is 2. The first-order valence-electron chi connectivity index (χ1n) is 9.99. The smallest absolute Gasteiger partial charge is 0.224 e. The van der Waals surface area contributed by atoms with Gasteiger partial charge in [-0.2, -0.15) is 0 Å². The Hall–Kier alpha value is -2.83. The fraction of sp³-hybridized carbons (Fsp3) is 0.304. The SMILES string of the molecule is COc1ccccc1CN1CCN(c2cc(Oc3ccc(Cl)cc3)ncn2)CC1C. The van der Waals surface area contributed by atoms with Gasteiger partial charge in [0.1, 0.15) is 23.6 Å². The third kappa shape index (κ3) is 4.83. The number of nitrogens with zero attached hydrogens (tertiary/aromatic N) is 4.